The van der Waals surface area contributed by atoms with E-state index >= 15 is 0 Å². The van der Waals surface area contributed by atoms with Crippen molar-refractivity contribution in [3.05, 3.63) is 0 Å². The molecule has 1 rings (SSSR count). The van der Waals surface area contributed by atoms with E-state index < -0.39 is 0 Å². The third-order valence-corrected chi connectivity index (χ3v) is 2.52. The van der Waals surface area contributed by atoms with Crippen LogP contribution in [0.5, 0.6) is 0 Å². The maximum Gasteiger partial charge on any atom is 0.208 e. The second kappa shape index (κ2) is 6.63. The molecule has 0 bridgehead atoms. The molecule has 0 aromatic rings. The molecule has 1 atom stereocenters. The summed E-state index contributed by atoms with van der Waals surface area (Å²) >= 11 is 0. The standard InChI is InChI=1S/C10H22N4O/c1-3-12-10(13-11)14-7-5-6-9(8-14)15-4-2/h9H,3-8,11H2,1-2H3,(H,12,13). The first kappa shape index (κ1) is 12.3. The van der Waals surface area contributed by atoms with Gasteiger partial charge in [0.25, 0.3) is 0 Å². The van der Waals surface area contributed by atoms with Crippen LogP contribution in [0.25, 0.3) is 0 Å². The third kappa shape index (κ3) is 3.68. The molecule has 1 unspecified atom stereocenters. The van der Waals surface area contributed by atoms with Crippen molar-refractivity contribution < 1.29 is 4.74 Å². The van der Waals surface area contributed by atoms with Gasteiger partial charge in [-0.25, -0.2) is 5.84 Å². The van der Waals surface area contributed by atoms with E-state index in [1.54, 1.807) is 0 Å². The van der Waals surface area contributed by atoms with E-state index in [0.29, 0.717) is 6.10 Å². The van der Waals surface area contributed by atoms with Crippen molar-refractivity contribution in [2.75, 3.05) is 26.2 Å². The number of hydrogen-bond donors (Lipinski definition) is 2. The van der Waals surface area contributed by atoms with Crippen LogP contribution in [0.1, 0.15) is 26.7 Å². The van der Waals surface area contributed by atoms with E-state index in [2.05, 4.69) is 15.3 Å². The number of nitrogens with one attached hydrogen (secondary N) is 1. The summed E-state index contributed by atoms with van der Waals surface area (Å²) in [5.41, 5.74) is 2.66. The van der Waals surface area contributed by atoms with Crippen LogP contribution < -0.4 is 11.3 Å². The van der Waals surface area contributed by atoms with Crippen molar-refractivity contribution in [3.63, 3.8) is 0 Å². The van der Waals surface area contributed by atoms with E-state index in [1.807, 2.05) is 13.8 Å². The molecule has 0 aromatic heterocycles. The largest absolute Gasteiger partial charge is 0.377 e. The van der Waals surface area contributed by atoms with E-state index in [4.69, 9.17) is 10.6 Å². The maximum atomic E-state index is 5.62. The highest BCUT2D eigenvalue weighted by Crippen LogP contribution is 2.12. The topological polar surface area (TPSA) is 62.9 Å². The molecule has 5 nitrogen and oxygen atoms in total. The van der Waals surface area contributed by atoms with E-state index in [1.165, 1.54) is 0 Å². The molecule has 1 aliphatic rings. The highest BCUT2D eigenvalue weighted by atomic mass is 16.5. The Morgan fingerprint density at radius 2 is 2.40 bits per heavy atom. The maximum absolute atomic E-state index is 5.62. The van der Waals surface area contributed by atoms with Crippen molar-refractivity contribution >= 4 is 5.96 Å². The van der Waals surface area contributed by atoms with Crippen LogP contribution in [0.15, 0.2) is 4.99 Å². The smallest absolute Gasteiger partial charge is 0.208 e. The van der Waals surface area contributed by atoms with Crippen molar-refractivity contribution in [1.82, 2.24) is 10.3 Å². The van der Waals surface area contributed by atoms with Crippen molar-refractivity contribution in [2.24, 2.45) is 10.8 Å². The summed E-state index contributed by atoms with van der Waals surface area (Å²) in [5, 5.41) is 0. The average Bonchev–Trinajstić information content (AvgIpc) is 2.27. The second-order valence-corrected chi connectivity index (χ2v) is 3.61. The Bertz CT molecular complexity index is 206. The molecule has 1 heterocycles. The van der Waals surface area contributed by atoms with Gasteiger partial charge in [0.15, 0.2) is 0 Å². The lowest BCUT2D eigenvalue weighted by Gasteiger charge is -2.34. The van der Waals surface area contributed by atoms with Crippen LogP contribution in [0.4, 0.5) is 0 Å². The Morgan fingerprint density at radius 1 is 1.60 bits per heavy atom. The van der Waals surface area contributed by atoms with Gasteiger partial charge in [0.2, 0.25) is 5.96 Å². The highest BCUT2D eigenvalue weighted by Gasteiger charge is 2.21. The minimum absolute atomic E-state index is 0.319. The molecule has 15 heavy (non-hydrogen) atoms. The Labute approximate surface area is 91.6 Å². The molecule has 3 N–H and O–H groups in total. The predicted octanol–water partition coefficient (Wildman–Crippen LogP) is 0.327. The fourth-order valence-electron chi connectivity index (χ4n) is 1.89. The summed E-state index contributed by atoms with van der Waals surface area (Å²) in [6.07, 6.45) is 2.59. The van der Waals surface area contributed by atoms with Gasteiger partial charge in [-0.05, 0) is 26.7 Å². The van der Waals surface area contributed by atoms with Crippen LogP contribution >= 0.6 is 0 Å². The molecule has 1 aliphatic heterocycles. The number of nitrogens with two attached hydrogens (primary N) is 1. The first-order valence-electron chi connectivity index (χ1n) is 5.69. The third-order valence-electron chi connectivity index (χ3n) is 2.52. The van der Waals surface area contributed by atoms with E-state index in [-0.39, 0.29) is 0 Å². The van der Waals surface area contributed by atoms with Crippen molar-refractivity contribution in [3.8, 4) is 0 Å². The lowest BCUT2D eigenvalue weighted by atomic mass is 10.1. The average molecular weight is 214 g/mol. The number of ether oxygens (including phenoxy) is 1. The van der Waals surface area contributed by atoms with Crippen LogP contribution in [-0.2, 0) is 4.74 Å². The zero-order chi connectivity index (χ0) is 11.1. The molecule has 0 amide bonds. The fourth-order valence-corrected chi connectivity index (χ4v) is 1.89. The number of guanidine groups is 1. The van der Waals surface area contributed by atoms with E-state index in [0.717, 1.165) is 45.0 Å². The molecule has 0 saturated carbocycles. The van der Waals surface area contributed by atoms with Gasteiger partial charge in [-0.1, -0.05) is 0 Å². The second-order valence-electron chi connectivity index (χ2n) is 3.61. The number of piperidine rings is 1. The Kier molecular flexibility index (Phi) is 5.42. The molecule has 5 heteroatoms. The number of hydrogen-bond acceptors (Lipinski definition) is 3. The first-order chi connectivity index (χ1) is 7.31. The Morgan fingerprint density at radius 3 is 3.00 bits per heavy atom. The normalized spacial score (nSPS) is 23.0. The summed E-state index contributed by atoms with van der Waals surface area (Å²) in [5.74, 6) is 6.23. The van der Waals surface area contributed by atoms with Crippen LogP contribution in [0.3, 0.4) is 0 Å². The number of likely N-dealkylation sites (tertiary alicyclic amines) is 1. The lowest BCUT2D eigenvalue weighted by Crippen LogP contribution is -2.50. The van der Waals surface area contributed by atoms with Crippen molar-refractivity contribution in [1.29, 1.82) is 0 Å². The van der Waals surface area contributed by atoms with Crippen LogP contribution in [0.2, 0.25) is 0 Å². The molecule has 0 aromatic carbocycles. The molecule has 0 aliphatic carbocycles. The van der Waals surface area contributed by atoms with Crippen LogP contribution in [0, 0.1) is 0 Å². The molecule has 0 radical (unpaired) electrons. The quantitative estimate of drug-likeness (QED) is 0.307. The Balaban J connectivity index is 2.50. The molecule has 88 valence electrons. The fraction of sp³-hybridized carbons (Fsp3) is 0.900. The number of aliphatic imine (C=N–C) groups is 1. The minimum Gasteiger partial charge on any atom is -0.377 e. The van der Waals surface area contributed by atoms with Gasteiger partial charge in [-0.3, -0.25) is 10.4 Å². The molecule has 1 fully saturated rings. The predicted molar refractivity (Wildman–Crippen MR) is 61.5 cm³/mol. The SMILES string of the molecule is CCN=C(NN)N1CCCC(OCC)C1. The minimum atomic E-state index is 0.319. The zero-order valence-corrected chi connectivity index (χ0v) is 9.70. The van der Waals surface area contributed by atoms with Gasteiger partial charge in [0.05, 0.1) is 6.10 Å². The molecule has 0 spiro atoms. The summed E-state index contributed by atoms with van der Waals surface area (Å²) < 4.78 is 5.62. The summed E-state index contributed by atoms with van der Waals surface area (Å²) in [6, 6.07) is 0. The number of rotatable bonds is 3. The monoisotopic (exact) mass is 214 g/mol. The van der Waals surface area contributed by atoms with Crippen molar-refractivity contribution in [2.45, 2.75) is 32.8 Å². The summed E-state index contributed by atoms with van der Waals surface area (Å²) in [4.78, 5) is 6.47. The van der Waals surface area contributed by atoms with Gasteiger partial charge < -0.3 is 9.64 Å². The van der Waals surface area contributed by atoms with Gasteiger partial charge in [-0.2, -0.15) is 0 Å². The number of hydrazine groups is 1. The van der Waals surface area contributed by atoms with Gasteiger partial charge >= 0.3 is 0 Å². The first-order valence-corrected chi connectivity index (χ1v) is 5.69. The van der Waals surface area contributed by atoms with Gasteiger partial charge in [0.1, 0.15) is 0 Å². The lowest BCUT2D eigenvalue weighted by molar-refractivity contribution is 0.0227. The zero-order valence-electron chi connectivity index (χ0n) is 9.70. The van der Waals surface area contributed by atoms with Gasteiger partial charge in [-0.15, -0.1) is 0 Å². The summed E-state index contributed by atoms with van der Waals surface area (Å²) in [7, 11) is 0. The van der Waals surface area contributed by atoms with E-state index in [9.17, 15) is 0 Å². The molecular weight excluding hydrogens is 192 g/mol. The van der Waals surface area contributed by atoms with Gasteiger partial charge in [0, 0.05) is 26.2 Å². The highest BCUT2D eigenvalue weighted by molar-refractivity contribution is 5.79. The Hall–Kier alpha value is -0.810. The molecular formula is C10H22N4O. The summed E-state index contributed by atoms with van der Waals surface area (Å²) in [6.45, 7) is 7.44. The number of nitrogens with zero attached hydrogens (tertiary/aromatic N) is 2. The molecule has 1 saturated heterocycles. The van der Waals surface area contributed by atoms with Crippen LogP contribution in [-0.4, -0.2) is 43.2 Å².